The number of piperazine rings is 1. The fourth-order valence-corrected chi connectivity index (χ4v) is 7.08. The number of hydrogen-bond acceptors (Lipinski definition) is 8. The maximum atomic E-state index is 14.7. The molecule has 15 heteroatoms. The van der Waals surface area contributed by atoms with Crippen LogP contribution in [-0.2, 0) is 13.7 Å². The van der Waals surface area contributed by atoms with Gasteiger partial charge in [0.1, 0.15) is 12.2 Å². The molecule has 7 rings (SSSR count). The number of aromatic nitrogens is 4. The Labute approximate surface area is 314 Å². The van der Waals surface area contributed by atoms with Crippen LogP contribution in [0.4, 0.5) is 5.69 Å². The number of carbonyl (C=O) groups is 3. The second-order valence-corrected chi connectivity index (χ2v) is 13.4. The second-order valence-electron chi connectivity index (χ2n) is 12.6. The maximum absolute atomic E-state index is 14.7. The molecule has 3 aromatic heterocycles. The Morgan fingerprint density at radius 1 is 0.962 bits per heavy atom. The Morgan fingerprint density at radius 3 is 2.43 bits per heavy atom. The van der Waals surface area contributed by atoms with Gasteiger partial charge < -0.3 is 24.8 Å². The highest BCUT2D eigenvalue weighted by Gasteiger charge is 2.36. The van der Waals surface area contributed by atoms with E-state index >= 15 is 0 Å². The minimum Gasteiger partial charge on any atom is -0.486 e. The van der Waals surface area contributed by atoms with Crippen LogP contribution in [0.5, 0.6) is 5.75 Å². The molecule has 0 atom stereocenters. The number of ether oxygens (including phenoxy) is 1. The first kappa shape index (κ1) is 35.5. The number of fused-ring (bicyclic) bond motifs is 1. The van der Waals surface area contributed by atoms with Gasteiger partial charge >= 0.3 is 0 Å². The van der Waals surface area contributed by atoms with E-state index in [2.05, 4.69) is 15.0 Å². The number of para-hydroxylation sites is 1. The van der Waals surface area contributed by atoms with E-state index in [1.807, 2.05) is 37.3 Å². The van der Waals surface area contributed by atoms with Crippen LogP contribution in [0.2, 0.25) is 10.0 Å². The van der Waals surface area contributed by atoms with Crippen molar-refractivity contribution in [3.05, 3.63) is 123 Å². The van der Waals surface area contributed by atoms with Gasteiger partial charge in [-0.25, -0.2) is 10.2 Å². The third-order valence-corrected chi connectivity index (χ3v) is 10.0. The number of nitrogens with zero attached hydrogens (tertiary/aromatic N) is 6. The number of hydroxylamine groups is 1. The van der Waals surface area contributed by atoms with Crippen molar-refractivity contribution in [3.8, 4) is 22.7 Å². The third kappa shape index (κ3) is 6.77. The van der Waals surface area contributed by atoms with Gasteiger partial charge in [-0.15, -0.1) is 0 Å². The molecule has 6 aromatic rings. The first-order valence-electron chi connectivity index (χ1n) is 16.6. The Balaban J connectivity index is 1.33. The van der Waals surface area contributed by atoms with Gasteiger partial charge in [0.2, 0.25) is 5.91 Å². The summed E-state index contributed by atoms with van der Waals surface area (Å²) in [7, 11) is 1.59. The fraction of sp³-hybridized carbons (Fsp3) is 0.184. The molecule has 270 valence electrons. The zero-order valence-corrected chi connectivity index (χ0v) is 30.2. The first-order valence-corrected chi connectivity index (χ1v) is 17.4. The van der Waals surface area contributed by atoms with E-state index in [-0.39, 0.29) is 40.4 Å². The SMILES string of the molecule is Cc1cc(N2CCN(C(=O)c3c(OCc4ccc(Cl)c(Cl)c4)c(C(=O)NO)c(-c4cc(-n5cccn5)ccc4C(N)=O)n3C)CC2)c2ccccc2n1. The Bertz CT molecular complexity index is 2390. The minimum atomic E-state index is -0.969. The minimum absolute atomic E-state index is 0.0252. The summed E-state index contributed by atoms with van der Waals surface area (Å²) in [5.74, 6) is -2.27. The molecule has 0 bridgehead atoms. The van der Waals surface area contributed by atoms with E-state index in [1.54, 1.807) is 70.9 Å². The van der Waals surface area contributed by atoms with Crippen LogP contribution in [0.15, 0.2) is 85.2 Å². The molecule has 1 aliphatic heterocycles. The number of benzene rings is 3. The number of halogens is 2. The van der Waals surface area contributed by atoms with Crippen molar-refractivity contribution in [2.45, 2.75) is 13.5 Å². The smallest absolute Gasteiger partial charge is 0.280 e. The van der Waals surface area contributed by atoms with Gasteiger partial charge in [0.05, 0.1) is 26.9 Å². The van der Waals surface area contributed by atoms with Crippen LogP contribution in [0.3, 0.4) is 0 Å². The van der Waals surface area contributed by atoms with E-state index in [9.17, 15) is 19.6 Å². The Morgan fingerprint density at radius 2 is 1.74 bits per heavy atom. The van der Waals surface area contributed by atoms with E-state index in [0.29, 0.717) is 47.5 Å². The molecule has 0 radical (unpaired) electrons. The molecule has 4 N–H and O–H groups in total. The van der Waals surface area contributed by atoms with Gasteiger partial charge in [0.25, 0.3) is 11.8 Å². The summed E-state index contributed by atoms with van der Waals surface area (Å²) in [5.41, 5.74) is 11.8. The standard InChI is InChI=1S/C38H34Cl2N8O5/c1-22-18-31(26-6-3-4-7-30(26)43-22)46-14-16-47(17-15-46)38(51)34-35(53-21-23-8-11-28(39)29(40)19-23)32(37(50)44-52)33(45(34)2)27-20-24(48-13-5-12-42-48)9-10-25(27)36(41)49/h3-13,18-20,52H,14-17,21H2,1-2H3,(H2,41,49)(H,44,50). The van der Waals surface area contributed by atoms with Crippen LogP contribution in [0, 0.1) is 6.92 Å². The monoisotopic (exact) mass is 752 g/mol. The van der Waals surface area contributed by atoms with Crippen LogP contribution in [0.25, 0.3) is 27.8 Å². The number of carbonyl (C=O) groups excluding carboxylic acids is 3. The summed E-state index contributed by atoms with van der Waals surface area (Å²) >= 11 is 12.4. The molecule has 53 heavy (non-hydrogen) atoms. The lowest BCUT2D eigenvalue weighted by Gasteiger charge is -2.36. The summed E-state index contributed by atoms with van der Waals surface area (Å²) in [5, 5.41) is 16.0. The molecule has 4 heterocycles. The van der Waals surface area contributed by atoms with Crippen molar-refractivity contribution in [1.82, 2.24) is 29.7 Å². The zero-order chi connectivity index (χ0) is 37.4. The highest BCUT2D eigenvalue weighted by atomic mass is 35.5. The highest BCUT2D eigenvalue weighted by Crippen LogP contribution is 2.40. The summed E-state index contributed by atoms with van der Waals surface area (Å²) in [6, 6.07) is 21.5. The summed E-state index contributed by atoms with van der Waals surface area (Å²) < 4.78 is 9.40. The lowest BCUT2D eigenvalue weighted by atomic mass is 9.99. The van der Waals surface area contributed by atoms with Crippen molar-refractivity contribution in [2.24, 2.45) is 12.8 Å². The molecule has 0 saturated carbocycles. The summed E-state index contributed by atoms with van der Waals surface area (Å²) in [6.45, 7) is 3.59. The number of nitrogens with one attached hydrogen (secondary N) is 1. The Kier molecular flexibility index (Phi) is 9.80. The van der Waals surface area contributed by atoms with Crippen molar-refractivity contribution in [3.63, 3.8) is 0 Å². The van der Waals surface area contributed by atoms with E-state index < -0.39 is 17.7 Å². The molecule has 0 aliphatic carbocycles. The highest BCUT2D eigenvalue weighted by molar-refractivity contribution is 6.42. The molecule has 1 aliphatic rings. The molecule has 3 amide bonds. The first-order chi connectivity index (χ1) is 25.5. The molecule has 1 saturated heterocycles. The largest absolute Gasteiger partial charge is 0.486 e. The lowest BCUT2D eigenvalue weighted by molar-refractivity contribution is 0.0702. The number of anilines is 1. The molecule has 1 fully saturated rings. The van der Waals surface area contributed by atoms with Crippen LogP contribution in [0.1, 0.15) is 42.5 Å². The van der Waals surface area contributed by atoms with E-state index in [0.717, 1.165) is 22.3 Å². The number of hydrogen-bond donors (Lipinski definition) is 3. The second kappa shape index (κ2) is 14.6. The quantitative estimate of drug-likeness (QED) is 0.123. The topological polar surface area (TPSA) is 161 Å². The molecule has 3 aromatic carbocycles. The van der Waals surface area contributed by atoms with Crippen LogP contribution in [-0.4, -0.2) is 73.3 Å². The van der Waals surface area contributed by atoms with Crippen LogP contribution >= 0.6 is 23.2 Å². The van der Waals surface area contributed by atoms with E-state index in [1.165, 1.54) is 10.6 Å². The molecule has 13 nitrogen and oxygen atoms in total. The summed E-state index contributed by atoms with van der Waals surface area (Å²) in [4.78, 5) is 49.8. The lowest BCUT2D eigenvalue weighted by Crippen LogP contribution is -2.49. The van der Waals surface area contributed by atoms with Crippen LogP contribution < -0.4 is 20.9 Å². The van der Waals surface area contributed by atoms with Gasteiger partial charge in [-0.05, 0) is 61.0 Å². The predicted octanol–water partition coefficient (Wildman–Crippen LogP) is 5.80. The average Bonchev–Trinajstić information content (AvgIpc) is 3.81. The number of primary amides is 1. The van der Waals surface area contributed by atoms with Gasteiger partial charge in [0, 0.05) is 73.5 Å². The number of pyridine rings is 1. The molecular weight excluding hydrogens is 719 g/mol. The number of rotatable bonds is 9. The van der Waals surface area contributed by atoms with Gasteiger partial charge in [-0.2, -0.15) is 5.10 Å². The average molecular weight is 754 g/mol. The molecular formula is C38H34Cl2N8O5. The maximum Gasteiger partial charge on any atom is 0.280 e. The van der Waals surface area contributed by atoms with Crippen molar-refractivity contribution >= 4 is 57.5 Å². The van der Waals surface area contributed by atoms with Gasteiger partial charge in [0.15, 0.2) is 11.4 Å². The molecule has 0 spiro atoms. The van der Waals surface area contributed by atoms with Gasteiger partial charge in [-0.3, -0.25) is 24.6 Å². The summed E-state index contributed by atoms with van der Waals surface area (Å²) in [6.07, 6.45) is 3.31. The van der Waals surface area contributed by atoms with Gasteiger partial charge in [-0.1, -0.05) is 47.5 Å². The number of amides is 3. The normalized spacial score (nSPS) is 13.0. The third-order valence-electron chi connectivity index (χ3n) is 9.27. The predicted molar refractivity (Wildman–Crippen MR) is 201 cm³/mol. The van der Waals surface area contributed by atoms with Crippen molar-refractivity contribution in [2.75, 3.05) is 31.1 Å². The van der Waals surface area contributed by atoms with Crippen molar-refractivity contribution < 1.29 is 24.3 Å². The molecule has 0 unspecified atom stereocenters. The number of nitrogens with two attached hydrogens (primary N) is 1. The fourth-order valence-electron chi connectivity index (χ4n) is 6.76. The zero-order valence-electron chi connectivity index (χ0n) is 28.7. The van der Waals surface area contributed by atoms with E-state index in [4.69, 9.17) is 33.7 Å². The Hall–Kier alpha value is -5.89. The van der Waals surface area contributed by atoms with Crippen molar-refractivity contribution in [1.29, 1.82) is 0 Å². The number of aryl methyl sites for hydroxylation is 1.